The first-order valence-electron chi connectivity index (χ1n) is 8.92. The average molecular weight is 417 g/mol. The van der Waals surface area contributed by atoms with E-state index in [1.165, 1.54) is 10.3 Å². The van der Waals surface area contributed by atoms with Crippen molar-refractivity contribution in [2.75, 3.05) is 12.0 Å². The van der Waals surface area contributed by atoms with Gasteiger partial charge in [0.2, 0.25) is 0 Å². The van der Waals surface area contributed by atoms with Crippen molar-refractivity contribution in [3.05, 3.63) is 58.4 Å². The number of aromatic nitrogens is 1. The van der Waals surface area contributed by atoms with E-state index in [-0.39, 0.29) is 5.91 Å². The summed E-state index contributed by atoms with van der Waals surface area (Å²) >= 11 is 5.14. The average Bonchev–Trinajstić information content (AvgIpc) is 2.95. The van der Waals surface area contributed by atoms with Crippen LogP contribution in [0.25, 0.3) is 10.2 Å². The van der Waals surface area contributed by atoms with Gasteiger partial charge in [0, 0.05) is 28.0 Å². The van der Waals surface area contributed by atoms with Crippen molar-refractivity contribution in [1.29, 1.82) is 0 Å². The van der Waals surface area contributed by atoms with E-state index in [0.717, 1.165) is 27.5 Å². The van der Waals surface area contributed by atoms with Crippen LogP contribution in [-0.2, 0) is 6.54 Å². The zero-order chi connectivity index (χ0) is 19.4. The monoisotopic (exact) mass is 416 g/mol. The third kappa shape index (κ3) is 5.06. The lowest BCUT2D eigenvalue weighted by molar-refractivity contribution is 0.0997. The van der Waals surface area contributed by atoms with Gasteiger partial charge in [-0.05, 0) is 49.1 Å². The quantitative estimate of drug-likeness (QED) is 0.489. The van der Waals surface area contributed by atoms with E-state index >= 15 is 0 Å². The van der Waals surface area contributed by atoms with Gasteiger partial charge in [0.1, 0.15) is 0 Å². The van der Waals surface area contributed by atoms with Crippen LogP contribution in [-0.4, -0.2) is 27.7 Å². The van der Waals surface area contributed by atoms with Crippen LogP contribution in [0.15, 0.2) is 52.4 Å². The number of amides is 1. The van der Waals surface area contributed by atoms with E-state index in [2.05, 4.69) is 54.8 Å². The molecule has 0 bridgehead atoms. The van der Waals surface area contributed by atoms with E-state index in [1.807, 2.05) is 24.3 Å². The molecule has 1 aromatic heterocycles. The van der Waals surface area contributed by atoms with Crippen LogP contribution in [0, 0.1) is 6.92 Å². The van der Waals surface area contributed by atoms with E-state index in [0.29, 0.717) is 10.8 Å². The summed E-state index contributed by atoms with van der Waals surface area (Å²) in [6.45, 7) is 7.24. The highest BCUT2D eigenvalue weighted by Gasteiger charge is 2.10. The summed E-state index contributed by atoms with van der Waals surface area (Å²) < 4.78 is 3.34. The van der Waals surface area contributed by atoms with Crippen molar-refractivity contribution >= 4 is 51.0 Å². The van der Waals surface area contributed by atoms with Gasteiger partial charge >= 0.3 is 0 Å². The van der Waals surface area contributed by atoms with Crippen LogP contribution < -0.4 is 4.80 Å². The second kappa shape index (κ2) is 9.13. The highest BCUT2D eigenvalue weighted by atomic mass is 32.2. The van der Waals surface area contributed by atoms with Gasteiger partial charge in [0.15, 0.2) is 4.80 Å². The lowest BCUT2D eigenvalue weighted by Crippen LogP contribution is -2.18. The minimum absolute atomic E-state index is 0.178. The molecule has 1 heterocycles. The molecule has 0 atom stereocenters. The first-order valence-corrected chi connectivity index (χ1v) is 12.0. The molecule has 3 nitrogen and oxygen atoms in total. The zero-order valence-corrected chi connectivity index (χ0v) is 18.5. The van der Waals surface area contributed by atoms with Gasteiger partial charge < -0.3 is 4.57 Å². The Kier molecular flexibility index (Phi) is 6.84. The molecule has 142 valence electrons. The molecule has 0 radical (unpaired) electrons. The molecule has 0 aliphatic carbocycles. The van der Waals surface area contributed by atoms with Crippen molar-refractivity contribution in [3.63, 3.8) is 0 Å². The Bertz CT molecular complexity index is 1020. The van der Waals surface area contributed by atoms with Crippen LogP contribution in [0.3, 0.4) is 0 Å². The zero-order valence-electron chi connectivity index (χ0n) is 16.1. The van der Waals surface area contributed by atoms with E-state index in [9.17, 15) is 4.79 Å². The number of carbonyl (C=O) groups excluding carboxylic acids is 1. The predicted molar refractivity (Wildman–Crippen MR) is 120 cm³/mol. The topological polar surface area (TPSA) is 34.4 Å². The molecule has 0 N–H and O–H groups in total. The Morgan fingerprint density at radius 1 is 1.22 bits per heavy atom. The third-order valence-corrected chi connectivity index (χ3v) is 6.64. The molecule has 3 rings (SSSR count). The fourth-order valence-electron chi connectivity index (χ4n) is 2.79. The number of benzene rings is 2. The Labute approximate surface area is 172 Å². The van der Waals surface area contributed by atoms with Gasteiger partial charge in [-0.25, -0.2) is 0 Å². The summed E-state index contributed by atoms with van der Waals surface area (Å²) in [5.41, 5.74) is 3.01. The van der Waals surface area contributed by atoms with Crippen molar-refractivity contribution < 1.29 is 4.79 Å². The molecule has 6 heteroatoms. The van der Waals surface area contributed by atoms with Gasteiger partial charge in [0.05, 0.1) is 10.2 Å². The fraction of sp³-hybridized carbons (Fsp3) is 0.333. The molecule has 0 aliphatic rings. The standard InChI is InChI=1S/C21H24N2OS3/c1-14(2)26-17-7-5-6-16(13-17)20(24)22-21-23(10-11-25-4)18-9-8-15(3)12-19(18)27-21/h5-9,12-14H,10-11H2,1-4H3. The lowest BCUT2D eigenvalue weighted by atomic mass is 10.2. The number of hydrogen-bond acceptors (Lipinski definition) is 4. The molecule has 0 unspecified atom stereocenters. The van der Waals surface area contributed by atoms with E-state index < -0.39 is 0 Å². The molecule has 1 amide bonds. The number of rotatable bonds is 6. The van der Waals surface area contributed by atoms with Gasteiger partial charge in [-0.3, -0.25) is 4.79 Å². The molecule has 0 fully saturated rings. The highest BCUT2D eigenvalue weighted by molar-refractivity contribution is 7.99. The Balaban J connectivity index is 2.02. The first-order chi connectivity index (χ1) is 13.0. The fourth-order valence-corrected chi connectivity index (χ4v) is 5.20. The molecule has 0 spiro atoms. The normalized spacial score (nSPS) is 12.3. The van der Waals surface area contributed by atoms with Crippen LogP contribution >= 0.6 is 34.9 Å². The van der Waals surface area contributed by atoms with Crippen molar-refractivity contribution in [3.8, 4) is 0 Å². The van der Waals surface area contributed by atoms with E-state index in [4.69, 9.17) is 0 Å². The first kappa shape index (κ1) is 20.2. The number of nitrogens with zero attached hydrogens (tertiary/aromatic N) is 2. The van der Waals surface area contributed by atoms with Crippen LogP contribution in [0.2, 0.25) is 0 Å². The number of carbonyl (C=O) groups is 1. The summed E-state index contributed by atoms with van der Waals surface area (Å²) in [4.78, 5) is 19.2. The summed E-state index contributed by atoms with van der Waals surface area (Å²) in [5.74, 6) is 0.809. The van der Waals surface area contributed by atoms with Crippen molar-refractivity contribution in [2.45, 2.75) is 37.5 Å². The number of hydrogen-bond donors (Lipinski definition) is 0. The van der Waals surface area contributed by atoms with Gasteiger partial charge in [-0.1, -0.05) is 37.3 Å². The molecular formula is C21H24N2OS3. The minimum Gasteiger partial charge on any atom is -0.316 e. The SMILES string of the molecule is CSCCn1c(=NC(=O)c2cccc(SC(C)C)c2)sc2cc(C)ccc21. The third-order valence-electron chi connectivity index (χ3n) is 4.01. The lowest BCUT2D eigenvalue weighted by Gasteiger charge is -2.06. The van der Waals surface area contributed by atoms with Crippen LogP contribution in [0.5, 0.6) is 0 Å². The van der Waals surface area contributed by atoms with E-state index in [1.54, 1.807) is 34.9 Å². The summed E-state index contributed by atoms with van der Waals surface area (Å²) in [6.07, 6.45) is 2.10. The second-order valence-electron chi connectivity index (χ2n) is 6.61. The smallest absolute Gasteiger partial charge is 0.279 e. The molecule has 0 saturated carbocycles. The maximum absolute atomic E-state index is 12.8. The number of aryl methyl sites for hydroxylation is 2. The van der Waals surface area contributed by atoms with Gasteiger partial charge in [-0.15, -0.1) is 11.8 Å². The molecule has 0 saturated heterocycles. The molecule has 27 heavy (non-hydrogen) atoms. The maximum atomic E-state index is 12.8. The number of thiazole rings is 1. The molecule has 0 aliphatic heterocycles. The van der Waals surface area contributed by atoms with Gasteiger partial charge in [-0.2, -0.15) is 16.8 Å². The number of fused-ring (bicyclic) bond motifs is 1. The highest BCUT2D eigenvalue weighted by Crippen LogP contribution is 2.24. The second-order valence-corrected chi connectivity index (χ2v) is 10.3. The summed E-state index contributed by atoms with van der Waals surface area (Å²) in [5, 5.41) is 0.479. The molecular weight excluding hydrogens is 392 g/mol. The van der Waals surface area contributed by atoms with Crippen LogP contribution in [0.1, 0.15) is 29.8 Å². The molecule has 2 aromatic carbocycles. The minimum atomic E-state index is -0.178. The van der Waals surface area contributed by atoms with Gasteiger partial charge in [0.25, 0.3) is 5.91 Å². The largest absolute Gasteiger partial charge is 0.316 e. The van der Waals surface area contributed by atoms with Crippen LogP contribution in [0.4, 0.5) is 0 Å². The Hall–Kier alpha value is -1.50. The van der Waals surface area contributed by atoms with Crippen molar-refractivity contribution in [1.82, 2.24) is 4.57 Å². The predicted octanol–water partition coefficient (Wildman–Crippen LogP) is 5.62. The number of thioether (sulfide) groups is 2. The summed E-state index contributed by atoms with van der Waals surface area (Å²) in [7, 11) is 0. The van der Waals surface area contributed by atoms with Crippen molar-refractivity contribution in [2.24, 2.45) is 4.99 Å². The molecule has 3 aromatic rings. The Morgan fingerprint density at radius 3 is 2.78 bits per heavy atom. The maximum Gasteiger partial charge on any atom is 0.279 e. The summed E-state index contributed by atoms with van der Waals surface area (Å²) in [6, 6.07) is 14.2. The Morgan fingerprint density at radius 2 is 2.04 bits per heavy atom.